The molecule has 0 aliphatic heterocycles. The predicted molar refractivity (Wildman–Crippen MR) is 116 cm³/mol. The Balaban J connectivity index is 1.13. The molecule has 0 atom stereocenters. The first-order valence-corrected chi connectivity index (χ1v) is 12.2. The number of aromatic nitrogens is 3. The van der Waals surface area contributed by atoms with Crippen LogP contribution >= 0.6 is 0 Å². The quantitative estimate of drug-likeness (QED) is 0.741. The topological polar surface area (TPSA) is 80.9 Å². The van der Waals surface area contributed by atoms with Crippen LogP contribution in [-0.4, -0.2) is 27.1 Å². The Morgan fingerprint density at radius 3 is 2.48 bits per heavy atom. The number of hydrogen-bond acceptors (Lipinski definition) is 5. The maximum atomic E-state index is 13.2. The SMILES string of the molecule is O=C(CC1(Cc2nc(-c3ccccn3)no2)CCCC1)NC1C2CC3CC(C2)CC1C3. The van der Waals surface area contributed by atoms with Gasteiger partial charge in [-0.1, -0.05) is 24.1 Å². The van der Waals surface area contributed by atoms with Gasteiger partial charge >= 0.3 is 0 Å². The van der Waals surface area contributed by atoms with E-state index in [4.69, 9.17) is 4.52 Å². The maximum absolute atomic E-state index is 13.2. The number of carbonyl (C=O) groups is 1. The smallest absolute Gasteiger partial charge is 0.227 e. The molecule has 0 spiro atoms. The number of nitrogens with one attached hydrogen (secondary N) is 1. The molecule has 4 bridgehead atoms. The molecular weight excluding hydrogens is 388 g/mol. The van der Waals surface area contributed by atoms with E-state index in [9.17, 15) is 4.79 Å². The molecule has 164 valence electrons. The molecule has 2 aromatic rings. The molecule has 0 aromatic carbocycles. The molecule has 2 aromatic heterocycles. The van der Waals surface area contributed by atoms with Crippen molar-refractivity contribution in [1.29, 1.82) is 0 Å². The van der Waals surface area contributed by atoms with E-state index in [-0.39, 0.29) is 11.3 Å². The Morgan fingerprint density at radius 1 is 1.06 bits per heavy atom. The van der Waals surface area contributed by atoms with Crippen LogP contribution in [-0.2, 0) is 11.2 Å². The van der Waals surface area contributed by atoms with E-state index < -0.39 is 0 Å². The van der Waals surface area contributed by atoms with E-state index in [1.165, 1.54) is 44.9 Å². The van der Waals surface area contributed by atoms with Gasteiger partial charge in [-0.3, -0.25) is 9.78 Å². The number of carbonyl (C=O) groups excluding carboxylic acids is 1. The second-order valence-electron chi connectivity index (χ2n) is 10.8. The first-order chi connectivity index (χ1) is 15.2. The third kappa shape index (κ3) is 3.79. The summed E-state index contributed by atoms with van der Waals surface area (Å²) in [5, 5.41) is 7.65. The van der Waals surface area contributed by atoms with E-state index >= 15 is 0 Å². The van der Waals surface area contributed by atoms with Gasteiger partial charge in [-0.15, -0.1) is 0 Å². The molecule has 0 saturated heterocycles. The highest BCUT2D eigenvalue weighted by Crippen LogP contribution is 2.54. The van der Waals surface area contributed by atoms with Crippen molar-refractivity contribution < 1.29 is 9.32 Å². The molecule has 5 fully saturated rings. The third-order valence-electron chi connectivity index (χ3n) is 8.64. The van der Waals surface area contributed by atoms with E-state index in [0.717, 1.165) is 42.2 Å². The van der Waals surface area contributed by atoms with Crippen LogP contribution in [0.3, 0.4) is 0 Å². The van der Waals surface area contributed by atoms with Gasteiger partial charge in [-0.25, -0.2) is 0 Å². The summed E-state index contributed by atoms with van der Waals surface area (Å²) in [4.78, 5) is 22.1. The zero-order valence-electron chi connectivity index (χ0n) is 18.1. The van der Waals surface area contributed by atoms with Crippen molar-refractivity contribution in [3.63, 3.8) is 0 Å². The fraction of sp³-hybridized carbons (Fsp3) is 0.680. The Labute approximate surface area is 183 Å². The fourth-order valence-electron chi connectivity index (χ4n) is 7.53. The predicted octanol–water partition coefficient (Wildman–Crippen LogP) is 4.57. The zero-order valence-corrected chi connectivity index (χ0v) is 18.1. The average molecular weight is 421 g/mol. The minimum Gasteiger partial charge on any atom is -0.353 e. The summed E-state index contributed by atoms with van der Waals surface area (Å²) in [5.74, 6) is 4.70. The highest BCUT2D eigenvalue weighted by Gasteiger charge is 2.49. The van der Waals surface area contributed by atoms with Gasteiger partial charge in [-0.2, -0.15) is 4.98 Å². The highest BCUT2D eigenvalue weighted by molar-refractivity contribution is 5.77. The second kappa shape index (κ2) is 7.72. The summed E-state index contributed by atoms with van der Waals surface area (Å²) in [6.07, 6.45) is 14.2. The van der Waals surface area contributed by atoms with E-state index in [2.05, 4.69) is 20.4 Å². The van der Waals surface area contributed by atoms with Crippen LogP contribution in [0.15, 0.2) is 28.9 Å². The summed E-state index contributed by atoms with van der Waals surface area (Å²) in [5.41, 5.74) is 0.668. The Kier molecular flexibility index (Phi) is 4.84. The zero-order chi connectivity index (χ0) is 20.8. The lowest BCUT2D eigenvalue weighted by molar-refractivity contribution is -0.127. The summed E-state index contributed by atoms with van der Waals surface area (Å²) in [6.45, 7) is 0. The number of rotatable bonds is 6. The van der Waals surface area contributed by atoms with Crippen LogP contribution in [0.5, 0.6) is 0 Å². The van der Waals surface area contributed by atoms with Crippen molar-refractivity contribution in [3.8, 4) is 11.5 Å². The van der Waals surface area contributed by atoms with Crippen LogP contribution in [0.1, 0.15) is 70.1 Å². The van der Waals surface area contributed by atoms with Gasteiger partial charge in [0.25, 0.3) is 0 Å². The molecular formula is C25H32N4O2. The molecule has 1 N–H and O–H groups in total. The minimum atomic E-state index is -0.0517. The maximum Gasteiger partial charge on any atom is 0.227 e. The van der Waals surface area contributed by atoms with Crippen molar-refractivity contribution in [1.82, 2.24) is 20.4 Å². The Hall–Kier alpha value is -2.24. The highest BCUT2D eigenvalue weighted by atomic mass is 16.5. The van der Waals surface area contributed by atoms with Crippen LogP contribution < -0.4 is 5.32 Å². The van der Waals surface area contributed by atoms with Gasteiger partial charge in [-0.05, 0) is 86.2 Å². The van der Waals surface area contributed by atoms with Crippen molar-refractivity contribution in [2.45, 2.75) is 76.7 Å². The molecule has 6 heteroatoms. The molecule has 5 aliphatic carbocycles. The largest absolute Gasteiger partial charge is 0.353 e. The first kappa shape index (κ1) is 19.4. The lowest BCUT2D eigenvalue weighted by atomic mass is 9.54. The van der Waals surface area contributed by atoms with E-state index in [0.29, 0.717) is 30.6 Å². The first-order valence-electron chi connectivity index (χ1n) is 12.2. The number of nitrogens with zero attached hydrogens (tertiary/aromatic N) is 3. The van der Waals surface area contributed by atoms with Crippen LogP contribution in [0.2, 0.25) is 0 Å². The minimum absolute atomic E-state index is 0.0517. The molecule has 5 saturated carbocycles. The molecule has 31 heavy (non-hydrogen) atoms. The molecule has 6 nitrogen and oxygen atoms in total. The summed E-state index contributed by atoms with van der Waals surface area (Å²) >= 11 is 0. The lowest BCUT2D eigenvalue weighted by Gasteiger charge is -2.54. The van der Waals surface area contributed by atoms with Gasteiger partial charge in [0, 0.05) is 25.1 Å². The van der Waals surface area contributed by atoms with Gasteiger partial charge in [0.2, 0.25) is 17.6 Å². The van der Waals surface area contributed by atoms with Crippen LogP contribution in [0.4, 0.5) is 0 Å². The average Bonchev–Trinajstić information content (AvgIpc) is 3.41. The summed E-state index contributed by atoms with van der Waals surface area (Å²) in [7, 11) is 0. The molecule has 0 unspecified atom stereocenters. The molecule has 5 aliphatic rings. The summed E-state index contributed by atoms with van der Waals surface area (Å²) < 4.78 is 5.58. The summed E-state index contributed by atoms with van der Waals surface area (Å²) in [6, 6.07) is 6.10. The molecule has 0 radical (unpaired) electrons. The third-order valence-corrected chi connectivity index (χ3v) is 8.64. The molecule has 7 rings (SSSR count). The van der Waals surface area contributed by atoms with E-state index in [1.54, 1.807) is 6.20 Å². The monoisotopic (exact) mass is 420 g/mol. The Morgan fingerprint density at radius 2 is 1.81 bits per heavy atom. The van der Waals surface area contributed by atoms with Crippen molar-refractivity contribution in [3.05, 3.63) is 30.3 Å². The Bertz CT molecular complexity index is 906. The van der Waals surface area contributed by atoms with Gasteiger partial charge < -0.3 is 9.84 Å². The van der Waals surface area contributed by atoms with E-state index in [1.807, 2.05) is 18.2 Å². The van der Waals surface area contributed by atoms with Crippen LogP contribution in [0.25, 0.3) is 11.5 Å². The second-order valence-corrected chi connectivity index (χ2v) is 10.8. The standard InChI is InChI=1S/C25H32N4O2/c30-21(27-23-18-10-16-9-17(12-18)13-19(23)11-16)14-25(6-2-3-7-25)15-22-28-24(29-31-22)20-5-1-4-8-26-20/h1,4-5,8,16-19,23H,2-3,6-7,9-15H2,(H,27,30). The number of amides is 1. The van der Waals surface area contributed by atoms with Gasteiger partial charge in [0.05, 0.1) is 0 Å². The normalized spacial score (nSPS) is 33.0. The molecule has 1 amide bonds. The molecule has 2 heterocycles. The number of hydrogen-bond donors (Lipinski definition) is 1. The lowest BCUT2D eigenvalue weighted by Crippen LogP contribution is -2.56. The van der Waals surface area contributed by atoms with Gasteiger partial charge in [0.1, 0.15) is 5.69 Å². The van der Waals surface area contributed by atoms with Crippen LogP contribution in [0, 0.1) is 29.1 Å². The van der Waals surface area contributed by atoms with Gasteiger partial charge in [0.15, 0.2) is 0 Å². The van der Waals surface area contributed by atoms with Crippen molar-refractivity contribution >= 4 is 5.91 Å². The fourth-order valence-corrected chi connectivity index (χ4v) is 7.53. The van der Waals surface area contributed by atoms with Crippen molar-refractivity contribution in [2.24, 2.45) is 29.1 Å². The van der Waals surface area contributed by atoms with Crippen molar-refractivity contribution in [2.75, 3.05) is 0 Å². The number of pyridine rings is 1.